The Kier molecular flexibility index (Phi) is 10.7. The van der Waals surface area contributed by atoms with Crippen molar-refractivity contribution in [3.8, 4) is 45.8 Å². The van der Waals surface area contributed by atoms with Gasteiger partial charge in [0.15, 0.2) is 0 Å². The monoisotopic (exact) mass is 902 g/mol. The second-order valence-electron chi connectivity index (χ2n) is 22.5. The van der Waals surface area contributed by atoms with Crippen LogP contribution in [0.1, 0.15) is 122 Å². The zero-order chi connectivity index (χ0) is 49.0. The lowest BCUT2D eigenvalue weighted by molar-refractivity contribution is -0.137. The molecule has 0 aliphatic carbocycles. The SMILES string of the molecule is CC(C)(C)c1ccc2c(c1)c1cc(C(C)(C)C)ccc1n2-c1ccc(-c2ccc(C#N)cc2C(F)(F)F)cc1-c1c(C#N)cccc1-n1c2ccc(C(C)(C)C)cc2c2cc(C(C)(C)C)ccc21. The van der Waals surface area contributed by atoms with Crippen LogP contribution in [0.5, 0.6) is 0 Å². The van der Waals surface area contributed by atoms with Crippen LogP contribution in [0.3, 0.4) is 0 Å². The zero-order valence-electron chi connectivity index (χ0n) is 41.0. The summed E-state index contributed by atoms with van der Waals surface area (Å²) in [5.74, 6) is 0. The summed E-state index contributed by atoms with van der Waals surface area (Å²) < 4.78 is 49.6. The highest BCUT2D eigenvalue weighted by molar-refractivity contribution is 6.12. The van der Waals surface area contributed by atoms with Crippen molar-refractivity contribution in [2.24, 2.45) is 0 Å². The number of halogens is 3. The maximum atomic E-state index is 15.1. The highest BCUT2D eigenvalue weighted by atomic mass is 19.4. The van der Waals surface area contributed by atoms with Crippen LogP contribution in [0, 0.1) is 22.7 Å². The summed E-state index contributed by atoms with van der Waals surface area (Å²) in [7, 11) is 0. The van der Waals surface area contributed by atoms with Crippen LogP contribution in [0.15, 0.2) is 127 Å². The molecule has 0 aliphatic rings. The zero-order valence-corrected chi connectivity index (χ0v) is 41.0. The number of nitriles is 2. The minimum absolute atomic E-state index is 0.0616. The van der Waals surface area contributed by atoms with E-state index in [0.717, 1.165) is 55.4 Å². The lowest BCUT2D eigenvalue weighted by Crippen LogP contribution is -2.10. The molecule has 2 heterocycles. The number of hydrogen-bond acceptors (Lipinski definition) is 2. The summed E-state index contributed by atoms with van der Waals surface area (Å²) in [6, 6.07) is 45.6. The van der Waals surface area contributed by atoms with Gasteiger partial charge < -0.3 is 9.13 Å². The fourth-order valence-electron chi connectivity index (χ4n) is 9.73. The van der Waals surface area contributed by atoms with Crippen LogP contribution >= 0.6 is 0 Å². The average Bonchev–Trinajstić information content (AvgIpc) is 3.78. The highest BCUT2D eigenvalue weighted by Crippen LogP contribution is 2.47. The van der Waals surface area contributed by atoms with Crippen molar-refractivity contribution in [1.29, 1.82) is 10.5 Å². The van der Waals surface area contributed by atoms with Gasteiger partial charge in [0, 0.05) is 32.7 Å². The van der Waals surface area contributed by atoms with E-state index in [-0.39, 0.29) is 32.8 Å². The quantitative estimate of drug-likeness (QED) is 0.177. The Morgan fingerprint density at radius 3 is 1.22 bits per heavy atom. The molecule has 0 spiro atoms. The van der Waals surface area contributed by atoms with E-state index in [2.05, 4.69) is 171 Å². The largest absolute Gasteiger partial charge is 0.417 e. The second kappa shape index (κ2) is 15.7. The molecular formula is C61H57F3N4. The molecule has 4 nitrogen and oxygen atoms in total. The molecule has 0 fully saturated rings. The maximum absolute atomic E-state index is 15.1. The van der Waals surface area contributed by atoms with E-state index in [0.29, 0.717) is 27.9 Å². The highest BCUT2D eigenvalue weighted by Gasteiger charge is 2.35. The van der Waals surface area contributed by atoms with Gasteiger partial charge in [0.25, 0.3) is 0 Å². The first-order valence-corrected chi connectivity index (χ1v) is 23.3. The van der Waals surface area contributed by atoms with Crippen LogP contribution in [-0.2, 0) is 27.8 Å². The van der Waals surface area contributed by atoms with Gasteiger partial charge in [-0.2, -0.15) is 23.7 Å². The molecule has 0 amide bonds. The van der Waals surface area contributed by atoms with Gasteiger partial charge in [-0.05, 0) is 140 Å². The maximum Gasteiger partial charge on any atom is 0.417 e. The number of fused-ring (bicyclic) bond motifs is 6. The summed E-state index contributed by atoms with van der Waals surface area (Å²) in [4.78, 5) is 0. The van der Waals surface area contributed by atoms with E-state index >= 15 is 13.2 Å². The standard InChI is InChI=1S/C61H57F3N4/c1-57(2,3)39-18-24-50-44(30-39)45-31-40(58(4,5)6)19-25-51(45)67(50)54-23-17-37(43-22-16-36(34-65)28-49(43)61(62,63)64)29-48(54)56-38(35-66)14-13-15-55(56)68-52-26-20-41(59(7,8)9)32-46(52)47-33-42(60(10,11)12)21-27-53(47)68/h13-33H,1-12H3. The molecule has 9 aromatic rings. The Bertz CT molecular complexity index is 3470. The number of benzene rings is 7. The van der Waals surface area contributed by atoms with Gasteiger partial charge >= 0.3 is 6.18 Å². The van der Waals surface area contributed by atoms with Crippen molar-refractivity contribution < 1.29 is 13.2 Å². The van der Waals surface area contributed by atoms with Gasteiger partial charge in [0.2, 0.25) is 0 Å². The predicted octanol–water partition coefficient (Wildman–Crippen LogP) is 17.2. The van der Waals surface area contributed by atoms with E-state index in [1.165, 1.54) is 34.4 Å². The molecule has 0 aliphatic heterocycles. The van der Waals surface area contributed by atoms with Crippen molar-refractivity contribution in [2.75, 3.05) is 0 Å². The number of nitrogens with zero attached hydrogens (tertiary/aromatic N) is 4. The summed E-state index contributed by atoms with van der Waals surface area (Å²) in [6.45, 7) is 26.4. The van der Waals surface area contributed by atoms with Crippen molar-refractivity contribution in [3.63, 3.8) is 0 Å². The molecule has 342 valence electrons. The molecule has 0 radical (unpaired) electrons. The first-order chi connectivity index (χ1) is 31.8. The van der Waals surface area contributed by atoms with E-state index < -0.39 is 11.7 Å². The Morgan fingerprint density at radius 1 is 0.412 bits per heavy atom. The normalized spacial score (nSPS) is 12.9. The molecule has 0 unspecified atom stereocenters. The van der Waals surface area contributed by atoms with Crippen molar-refractivity contribution in [2.45, 2.75) is 111 Å². The van der Waals surface area contributed by atoms with Gasteiger partial charge in [-0.1, -0.05) is 126 Å². The summed E-state index contributed by atoms with van der Waals surface area (Å²) in [5, 5.41) is 25.2. The van der Waals surface area contributed by atoms with Gasteiger partial charge in [0.05, 0.1) is 62.3 Å². The molecule has 7 heteroatoms. The molecule has 7 aromatic carbocycles. The molecule has 9 rings (SSSR count). The Balaban J connectivity index is 1.46. The molecule has 0 saturated carbocycles. The second-order valence-corrected chi connectivity index (χ2v) is 22.5. The first-order valence-electron chi connectivity index (χ1n) is 23.3. The van der Waals surface area contributed by atoms with Crippen molar-refractivity contribution in [1.82, 2.24) is 9.13 Å². The van der Waals surface area contributed by atoms with Gasteiger partial charge in [0.1, 0.15) is 0 Å². The van der Waals surface area contributed by atoms with E-state index in [4.69, 9.17) is 0 Å². The van der Waals surface area contributed by atoms with Crippen LogP contribution < -0.4 is 0 Å². The lowest BCUT2D eigenvalue weighted by Gasteiger charge is -2.22. The van der Waals surface area contributed by atoms with Crippen LogP contribution in [0.2, 0.25) is 0 Å². The third-order valence-corrected chi connectivity index (χ3v) is 13.7. The van der Waals surface area contributed by atoms with Crippen LogP contribution in [-0.4, -0.2) is 9.13 Å². The summed E-state index contributed by atoms with van der Waals surface area (Å²) in [6.07, 6.45) is -4.75. The minimum Gasteiger partial charge on any atom is -0.309 e. The van der Waals surface area contributed by atoms with Gasteiger partial charge in [-0.25, -0.2) is 0 Å². The summed E-state index contributed by atoms with van der Waals surface area (Å²) >= 11 is 0. The molecule has 0 bridgehead atoms. The number of aromatic nitrogens is 2. The number of rotatable bonds is 4. The Hall–Kier alpha value is -7.09. The first kappa shape index (κ1) is 46.0. The summed E-state index contributed by atoms with van der Waals surface area (Å²) in [5.41, 5.74) is 10.1. The third kappa shape index (κ3) is 7.82. The smallest absolute Gasteiger partial charge is 0.309 e. The molecule has 68 heavy (non-hydrogen) atoms. The Labute approximate surface area is 397 Å². The topological polar surface area (TPSA) is 57.4 Å². The third-order valence-electron chi connectivity index (χ3n) is 13.7. The molecule has 0 atom stereocenters. The molecule has 0 saturated heterocycles. The number of alkyl halides is 3. The average molecular weight is 903 g/mol. The fourth-order valence-corrected chi connectivity index (χ4v) is 9.73. The molecule has 2 aromatic heterocycles. The Morgan fingerprint density at radius 2 is 0.838 bits per heavy atom. The lowest BCUT2D eigenvalue weighted by atomic mass is 9.85. The molecule has 0 N–H and O–H groups in total. The predicted molar refractivity (Wildman–Crippen MR) is 275 cm³/mol. The van der Waals surface area contributed by atoms with E-state index in [9.17, 15) is 10.5 Å². The number of hydrogen-bond donors (Lipinski definition) is 0. The van der Waals surface area contributed by atoms with Gasteiger partial charge in [-0.15, -0.1) is 0 Å². The van der Waals surface area contributed by atoms with E-state index in [1.54, 1.807) is 18.2 Å². The molecular weight excluding hydrogens is 846 g/mol. The van der Waals surface area contributed by atoms with Crippen molar-refractivity contribution >= 4 is 43.6 Å². The van der Waals surface area contributed by atoms with Crippen molar-refractivity contribution in [3.05, 3.63) is 166 Å². The van der Waals surface area contributed by atoms with Gasteiger partial charge in [-0.3, -0.25) is 0 Å². The minimum atomic E-state index is -4.75. The van der Waals surface area contributed by atoms with Crippen LogP contribution in [0.4, 0.5) is 13.2 Å². The fraction of sp³-hybridized carbons (Fsp3) is 0.279. The van der Waals surface area contributed by atoms with Crippen LogP contribution in [0.25, 0.3) is 77.2 Å². The van der Waals surface area contributed by atoms with E-state index in [1.807, 2.05) is 24.3 Å².